The van der Waals surface area contributed by atoms with E-state index in [1.54, 1.807) is 12.1 Å². The lowest BCUT2D eigenvalue weighted by atomic mass is 9.78. The van der Waals surface area contributed by atoms with Crippen LogP contribution >= 0.6 is 0 Å². The SMILES string of the molecule is CCC1CCC(CCc2ccc(C(F)(F)Oc3ccc(OC(F)(F)F)cc3)cc2)CC1. The van der Waals surface area contributed by atoms with Gasteiger partial charge in [-0.3, -0.25) is 0 Å². The normalized spacial score (nSPS) is 19.8. The first-order valence-electron chi connectivity index (χ1n) is 10.7. The van der Waals surface area contributed by atoms with Crippen LogP contribution < -0.4 is 9.47 Å². The predicted octanol–water partition coefficient (Wildman–Crippen LogP) is 7.86. The molecule has 2 aromatic rings. The second-order valence-corrected chi connectivity index (χ2v) is 8.17. The van der Waals surface area contributed by atoms with Crippen LogP contribution in [0, 0.1) is 11.8 Å². The van der Waals surface area contributed by atoms with Gasteiger partial charge in [0.15, 0.2) is 0 Å². The van der Waals surface area contributed by atoms with Gasteiger partial charge < -0.3 is 9.47 Å². The van der Waals surface area contributed by atoms with Gasteiger partial charge in [0.25, 0.3) is 0 Å². The minimum atomic E-state index is -4.84. The van der Waals surface area contributed by atoms with Crippen LogP contribution in [0.3, 0.4) is 0 Å². The molecule has 0 spiro atoms. The van der Waals surface area contributed by atoms with Crippen LogP contribution in [0.15, 0.2) is 48.5 Å². The summed E-state index contributed by atoms with van der Waals surface area (Å²) in [6, 6.07) is 9.92. The Balaban J connectivity index is 1.53. The summed E-state index contributed by atoms with van der Waals surface area (Å²) in [6.45, 7) is 2.24. The summed E-state index contributed by atoms with van der Waals surface area (Å²) in [5.74, 6) is 0.796. The highest BCUT2D eigenvalue weighted by molar-refractivity contribution is 5.33. The molecule has 1 saturated carbocycles. The second-order valence-electron chi connectivity index (χ2n) is 8.17. The maximum absolute atomic E-state index is 14.5. The van der Waals surface area contributed by atoms with Crippen LogP contribution in [0.2, 0.25) is 0 Å². The van der Waals surface area contributed by atoms with Crippen molar-refractivity contribution in [3.05, 3.63) is 59.7 Å². The minimum absolute atomic E-state index is 0.258. The van der Waals surface area contributed by atoms with Crippen LogP contribution in [0.5, 0.6) is 11.5 Å². The van der Waals surface area contributed by atoms with Crippen molar-refractivity contribution >= 4 is 0 Å². The van der Waals surface area contributed by atoms with E-state index in [4.69, 9.17) is 4.74 Å². The number of halogens is 5. The van der Waals surface area contributed by atoms with Crippen LogP contribution in [0.1, 0.15) is 56.6 Å². The molecule has 1 fully saturated rings. The summed E-state index contributed by atoms with van der Waals surface area (Å²) >= 11 is 0. The van der Waals surface area contributed by atoms with Crippen molar-refractivity contribution in [3.63, 3.8) is 0 Å². The molecular weight excluding hydrogens is 415 g/mol. The van der Waals surface area contributed by atoms with Crippen LogP contribution in [-0.4, -0.2) is 6.36 Å². The Morgan fingerprint density at radius 1 is 0.742 bits per heavy atom. The maximum Gasteiger partial charge on any atom is 0.573 e. The molecule has 0 N–H and O–H groups in total. The molecule has 2 aromatic carbocycles. The van der Waals surface area contributed by atoms with Crippen molar-refractivity contribution in [3.8, 4) is 11.5 Å². The molecule has 0 amide bonds. The lowest BCUT2D eigenvalue weighted by Crippen LogP contribution is -2.22. The first-order chi connectivity index (χ1) is 14.6. The fourth-order valence-corrected chi connectivity index (χ4v) is 4.08. The van der Waals surface area contributed by atoms with Gasteiger partial charge in [0.05, 0.1) is 5.56 Å². The number of hydrogen-bond donors (Lipinski definition) is 0. The Bertz CT molecular complexity index is 807. The standard InChI is InChI=1S/C24H27F5O2/c1-2-17-3-5-18(6-4-17)7-8-19-9-11-20(12-10-19)23(25,26)30-21-13-15-22(16-14-21)31-24(27,28)29/h9-18H,2-8H2,1H3. The Morgan fingerprint density at radius 3 is 1.77 bits per heavy atom. The fourth-order valence-electron chi connectivity index (χ4n) is 4.08. The number of rotatable bonds is 8. The van der Waals surface area contributed by atoms with Crippen molar-refractivity contribution in [2.24, 2.45) is 11.8 Å². The van der Waals surface area contributed by atoms with E-state index < -0.39 is 18.2 Å². The number of hydrogen-bond acceptors (Lipinski definition) is 2. The topological polar surface area (TPSA) is 18.5 Å². The number of ether oxygens (including phenoxy) is 2. The van der Waals surface area contributed by atoms with E-state index >= 15 is 0 Å². The molecule has 7 heteroatoms. The Kier molecular flexibility index (Phi) is 7.44. The van der Waals surface area contributed by atoms with E-state index in [9.17, 15) is 22.0 Å². The number of benzene rings is 2. The van der Waals surface area contributed by atoms with E-state index in [-0.39, 0.29) is 11.3 Å². The molecular formula is C24H27F5O2. The monoisotopic (exact) mass is 442 g/mol. The van der Waals surface area contributed by atoms with E-state index in [1.807, 2.05) is 0 Å². The second kappa shape index (κ2) is 9.88. The zero-order valence-electron chi connectivity index (χ0n) is 17.4. The first kappa shape index (κ1) is 23.4. The van der Waals surface area contributed by atoms with Gasteiger partial charge in [0, 0.05) is 0 Å². The molecule has 0 radical (unpaired) electrons. The van der Waals surface area contributed by atoms with Crippen LogP contribution in [0.25, 0.3) is 0 Å². The van der Waals surface area contributed by atoms with Crippen molar-refractivity contribution in [2.75, 3.05) is 0 Å². The molecule has 1 aliphatic rings. The van der Waals surface area contributed by atoms with E-state index in [2.05, 4.69) is 11.7 Å². The molecule has 3 rings (SSSR count). The molecule has 0 heterocycles. The van der Waals surface area contributed by atoms with Gasteiger partial charge in [0.1, 0.15) is 11.5 Å². The summed E-state index contributed by atoms with van der Waals surface area (Å²) in [7, 11) is 0. The molecule has 0 aliphatic heterocycles. The third-order valence-corrected chi connectivity index (χ3v) is 5.98. The van der Waals surface area contributed by atoms with Crippen LogP contribution in [-0.2, 0) is 12.5 Å². The molecule has 0 unspecified atom stereocenters. The zero-order valence-corrected chi connectivity index (χ0v) is 17.4. The Hall–Kier alpha value is -2.31. The smallest absolute Gasteiger partial charge is 0.429 e. The average molecular weight is 442 g/mol. The van der Waals surface area contributed by atoms with Gasteiger partial charge in [-0.15, -0.1) is 13.2 Å². The van der Waals surface area contributed by atoms with E-state index in [0.29, 0.717) is 5.92 Å². The largest absolute Gasteiger partial charge is 0.573 e. The molecule has 170 valence electrons. The fraction of sp³-hybridized carbons (Fsp3) is 0.500. The maximum atomic E-state index is 14.5. The minimum Gasteiger partial charge on any atom is -0.429 e. The molecule has 31 heavy (non-hydrogen) atoms. The first-order valence-corrected chi connectivity index (χ1v) is 10.7. The van der Waals surface area contributed by atoms with Crippen molar-refractivity contribution in [1.82, 2.24) is 0 Å². The third-order valence-electron chi connectivity index (χ3n) is 5.98. The quantitative estimate of drug-likeness (QED) is 0.387. The highest BCUT2D eigenvalue weighted by Crippen LogP contribution is 2.35. The summed E-state index contributed by atoms with van der Waals surface area (Å²) < 4.78 is 73.9. The number of aryl methyl sites for hydroxylation is 1. The summed E-state index contributed by atoms with van der Waals surface area (Å²) in [4.78, 5) is 0. The lowest BCUT2D eigenvalue weighted by Gasteiger charge is -2.27. The summed E-state index contributed by atoms with van der Waals surface area (Å²) in [5, 5.41) is 0. The summed E-state index contributed by atoms with van der Waals surface area (Å²) in [5.41, 5.74) is 0.695. The van der Waals surface area contributed by atoms with E-state index in [0.717, 1.165) is 48.6 Å². The Morgan fingerprint density at radius 2 is 1.26 bits per heavy atom. The summed E-state index contributed by atoms with van der Waals surface area (Å²) in [6.07, 6.45) is -0.225. The molecule has 0 aromatic heterocycles. The molecule has 0 bridgehead atoms. The third kappa shape index (κ3) is 7.11. The predicted molar refractivity (Wildman–Crippen MR) is 108 cm³/mol. The zero-order chi connectivity index (χ0) is 22.5. The molecule has 0 saturated heterocycles. The van der Waals surface area contributed by atoms with Crippen molar-refractivity contribution in [1.29, 1.82) is 0 Å². The van der Waals surface area contributed by atoms with Gasteiger partial charge in [-0.1, -0.05) is 51.2 Å². The van der Waals surface area contributed by atoms with Crippen molar-refractivity contribution in [2.45, 2.75) is 64.3 Å². The molecule has 1 aliphatic carbocycles. The van der Waals surface area contributed by atoms with E-state index in [1.165, 1.54) is 44.2 Å². The molecule has 2 nitrogen and oxygen atoms in total. The van der Waals surface area contributed by atoms with Gasteiger partial charge in [-0.2, -0.15) is 8.78 Å². The average Bonchev–Trinajstić information content (AvgIpc) is 2.73. The van der Waals surface area contributed by atoms with Gasteiger partial charge in [0.2, 0.25) is 0 Å². The Labute approximate surface area is 179 Å². The molecule has 0 atom stereocenters. The highest BCUT2D eigenvalue weighted by Gasteiger charge is 2.35. The lowest BCUT2D eigenvalue weighted by molar-refractivity contribution is -0.274. The van der Waals surface area contributed by atoms with Gasteiger partial charge >= 0.3 is 12.5 Å². The van der Waals surface area contributed by atoms with Crippen molar-refractivity contribution < 1.29 is 31.4 Å². The number of alkyl halides is 5. The highest BCUT2D eigenvalue weighted by atomic mass is 19.4. The van der Waals surface area contributed by atoms with Crippen LogP contribution in [0.4, 0.5) is 22.0 Å². The van der Waals surface area contributed by atoms with Gasteiger partial charge in [-0.25, -0.2) is 0 Å². The van der Waals surface area contributed by atoms with Gasteiger partial charge in [-0.05, 0) is 66.6 Å².